The Morgan fingerprint density at radius 2 is 1.65 bits per heavy atom. The Balaban J connectivity index is 0.919. The number of cyclic esters (lactones) is 1. The summed E-state index contributed by atoms with van der Waals surface area (Å²) < 4.78 is 35.6. The van der Waals surface area contributed by atoms with Gasteiger partial charge in [-0.2, -0.15) is 5.06 Å². The number of hydrogen-bond donors (Lipinski definition) is 3. The van der Waals surface area contributed by atoms with E-state index in [2.05, 4.69) is 10.6 Å². The van der Waals surface area contributed by atoms with Crippen molar-refractivity contribution in [1.82, 2.24) is 15.7 Å². The highest BCUT2D eigenvalue weighted by Gasteiger charge is 2.76. The second-order valence-electron chi connectivity index (χ2n) is 20.3. The van der Waals surface area contributed by atoms with Crippen molar-refractivity contribution in [1.29, 1.82) is 0 Å². The zero-order valence-corrected chi connectivity index (χ0v) is 38.7. The predicted molar refractivity (Wildman–Crippen MR) is 239 cm³/mol. The van der Waals surface area contributed by atoms with Crippen molar-refractivity contribution in [3.05, 3.63) is 112 Å². The van der Waals surface area contributed by atoms with E-state index in [-0.39, 0.29) is 51.1 Å². The van der Waals surface area contributed by atoms with Gasteiger partial charge in [0.2, 0.25) is 12.0 Å². The van der Waals surface area contributed by atoms with Crippen LogP contribution in [0.1, 0.15) is 92.1 Å². The number of ether oxygens (including phenoxy) is 6. The first-order valence-corrected chi connectivity index (χ1v) is 23.1. The summed E-state index contributed by atoms with van der Waals surface area (Å²) in [5, 5.41) is 17.3. The minimum atomic E-state index is -1.47. The Morgan fingerprint density at radius 3 is 2.32 bits per heavy atom. The molecule has 3 aromatic rings. The van der Waals surface area contributed by atoms with Crippen LogP contribution in [0.3, 0.4) is 0 Å². The van der Waals surface area contributed by atoms with Gasteiger partial charge >= 0.3 is 23.9 Å². The number of hydrogen-bond acceptors (Lipinski definition) is 15. The van der Waals surface area contributed by atoms with Crippen molar-refractivity contribution < 1.29 is 67.1 Å². The first-order chi connectivity index (χ1) is 32.3. The standard InChI is InChI=1S/C51H57N3O14/c1-48(2,3)65-38(57)20-18-35(27-55)53-44(58)32-12-8-9-31(21-32)25-52-47(61)51-24-36-39-40(67-50(66-39)22-33-10-6-7-11-34(33)23-50)42(51)68-54(41(51)45(59)63-36)26-30-15-13-29(14-16-30)17-19-37(56)64-43-46(60)62-28-49(43,4)5/h6-17,19,21,35-36,39-43,55H,18,20,22-28H2,1-5H3,(H,52,61)(H,53,58). The molecule has 3 aromatic carbocycles. The van der Waals surface area contributed by atoms with Gasteiger partial charge in [0.25, 0.3) is 5.91 Å². The molecule has 3 N–H and O–H groups in total. The number of amides is 2. The first-order valence-electron chi connectivity index (χ1n) is 23.1. The molecule has 17 nitrogen and oxygen atoms in total. The van der Waals surface area contributed by atoms with Gasteiger partial charge in [-0.3, -0.25) is 24.0 Å². The van der Waals surface area contributed by atoms with Gasteiger partial charge in [0.1, 0.15) is 42.0 Å². The minimum absolute atomic E-state index is 0.00133. The van der Waals surface area contributed by atoms with E-state index in [1.165, 1.54) is 11.1 Å². The fourth-order valence-electron chi connectivity index (χ4n) is 10.3. The molecule has 2 aliphatic carbocycles. The molecule has 17 heteroatoms. The van der Waals surface area contributed by atoms with Crippen LogP contribution in [0.4, 0.5) is 0 Å². The van der Waals surface area contributed by atoms with Gasteiger partial charge in [-0.25, -0.2) is 9.59 Å². The largest absolute Gasteiger partial charge is 0.462 e. The zero-order chi connectivity index (χ0) is 48.2. The molecule has 0 radical (unpaired) electrons. The number of carbonyl (C=O) groups is 6. The van der Waals surface area contributed by atoms with Gasteiger partial charge < -0.3 is 44.2 Å². The summed E-state index contributed by atoms with van der Waals surface area (Å²) in [5.41, 5.74) is 1.68. The maximum atomic E-state index is 15.0. The molecule has 68 heavy (non-hydrogen) atoms. The number of rotatable bonds is 14. The molecule has 4 heterocycles. The Hall–Kier alpha value is -5.98. The number of nitrogens with zero attached hydrogens (tertiary/aromatic N) is 1. The van der Waals surface area contributed by atoms with Crippen molar-refractivity contribution in [2.24, 2.45) is 10.8 Å². The molecule has 8 atom stereocenters. The normalized spacial score (nSPS) is 27.8. The van der Waals surface area contributed by atoms with E-state index in [9.17, 15) is 29.1 Å². The lowest BCUT2D eigenvalue weighted by molar-refractivity contribution is -0.217. The number of benzene rings is 3. The van der Waals surface area contributed by atoms with Crippen molar-refractivity contribution in [3.8, 4) is 0 Å². The molecule has 8 unspecified atom stereocenters. The Labute approximate surface area is 393 Å². The van der Waals surface area contributed by atoms with E-state index >= 15 is 4.79 Å². The van der Waals surface area contributed by atoms with Crippen LogP contribution in [0, 0.1) is 10.8 Å². The molecule has 6 aliphatic rings. The van der Waals surface area contributed by atoms with Crippen molar-refractivity contribution >= 4 is 41.8 Å². The Bertz CT molecular complexity index is 2490. The summed E-state index contributed by atoms with van der Waals surface area (Å²) in [6.45, 7) is 8.72. The average molecular weight is 936 g/mol. The second kappa shape index (κ2) is 18.2. The van der Waals surface area contributed by atoms with Crippen LogP contribution in [0.2, 0.25) is 0 Å². The van der Waals surface area contributed by atoms with Gasteiger partial charge in [0.05, 0.1) is 19.2 Å². The molecule has 1 spiro atoms. The minimum Gasteiger partial charge on any atom is -0.462 e. The van der Waals surface area contributed by atoms with Crippen molar-refractivity contribution in [3.63, 3.8) is 0 Å². The van der Waals surface area contributed by atoms with E-state index in [0.29, 0.717) is 24.0 Å². The lowest BCUT2D eigenvalue weighted by Gasteiger charge is -2.48. The zero-order valence-electron chi connectivity index (χ0n) is 38.7. The third kappa shape index (κ3) is 9.29. The highest BCUT2D eigenvalue weighted by atomic mass is 16.8. The molecular weight excluding hydrogens is 879 g/mol. The van der Waals surface area contributed by atoms with Gasteiger partial charge in [-0.1, -0.05) is 74.5 Å². The van der Waals surface area contributed by atoms with E-state index in [1.54, 1.807) is 77.1 Å². The van der Waals surface area contributed by atoms with E-state index in [4.69, 9.17) is 33.3 Å². The quantitative estimate of drug-likeness (QED) is 0.119. The topological polar surface area (TPSA) is 215 Å². The molecule has 9 rings (SSSR count). The number of aliphatic hydroxyl groups is 1. The number of aliphatic hydroxyl groups excluding tert-OH is 1. The van der Waals surface area contributed by atoms with Gasteiger partial charge in [-0.05, 0) is 73.2 Å². The summed E-state index contributed by atoms with van der Waals surface area (Å²) in [4.78, 5) is 86.5. The Kier molecular flexibility index (Phi) is 12.6. The lowest BCUT2D eigenvalue weighted by Crippen LogP contribution is -2.69. The third-order valence-corrected chi connectivity index (χ3v) is 13.5. The highest BCUT2D eigenvalue weighted by molar-refractivity contribution is 5.95. The SMILES string of the molecule is CC(C)(C)OC(=O)CCC(CO)NC(=O)c1cccc(CNC(=O)C23CC4OC(=O)C2N(Cc2ccc(C=CC(=O)OC5C(=O)OCC5(C)C)cc2)OC3C2OC3(Cc5ccccc5C3)OC42)c1. The maximum Gasteiger partial charge on any atom is 0.348 e. The van der Waals surface area contributed by atoms with Gasteiger partial charge in [-0.15, -0.1) is 0 Å². The smallest absolute Gasteiger partial charge is 0.348 e. The number of hydroxylamine groups is 2. The molecule has 2 amide bonds. The van der Waals surface area contributed by atoms with E-state index in [0.717, 1.165) is 16.7 Å². The number of nitrogens with one attached hydrogen (secondary N) is 2. The fourth-order valence-corrected chi connectivity index (χ4v) is 10.3. The number of esters is 4. The first kappa shape index (κ1) is 47.1. The van der Waals surface area contributed by atoms with Crippen LogP contribution in [0.15, 0.2) is 78.9 Å². The van der Waals surface area contributed by atoms with Crippen molar-refractivity contribution in [2.45, 2.75) is 134 Å². The average Bonchev–Trinajstić information content (AvgIpc) is 4.03. The summed E-state index contributed by atoms with van der Waals surface area (Å²) in [6.07, 6.45) is -0.190. The highest BCUT2D eigenvalue weighted by Crippen LogP contribution is 2.58. The summed E-state index contributed by atoms with van der Waals surface area (Å²) in [5.74, 6) is -4.29. The lowest BCUT2D eigenvalue weighted by atomic mass is 9.62. The van der Waals surface area contributed by atoms with E-state index < -0.39 is 101 Å². The van der Waals surface area contributed by atoms with Crippen LogP contribution < -0.4 is 10.6 Å². The van der Waals surface area contributed by atoms with Gasteiger partial charge in [0.15, 0.2) is 11.8 Å². The number of fused-ring (bicyclic) bond motifs is 5. The molecule has 1 saturated carbocycles. The molecule has 2 bridgehead atoms. The van der Waals surface area contributed by atoms with Gasteiger partial charge in [0, 0.05) is 49.3 Å². The molecule has 360 valence electrons. The molecule has 4 saturated heterocycles. The monoisotopic (exact) mass is 935 g/mol. The predicted octanol–water partition coefficient (Wildman–Crippen LogP) is 3.80. The summed E-state index contributed by atoms with van der Waals surface area (Å²) in [7, 11) is 0. The van der Waals surface area contributed by atoms with Crippen LogP contribution in [0.5, 0.6) is 0 Å². The second-order valence-corrected chi connectivity index (χ2v) is 20.3. The Morgan fingerprint density at radius 1 is 0.926 bits per heavy atom. The molecule has 5 fully saturated rings. The van der Waals surface area contributed by atoms with Crippen LogP contribution in [-0.4, -0.2) is 113 Å². The fraction of sp³-hybridized carbons (Fsp3) is 0.490. The maximum absolute atomic E-state index is 15.0. The third-order valence-electron chi connectivity index (χ3n) is 13.5. The van der Waals surface area contributed by atoms with Crippen LogP contribution >= 0.6 is 0 Å². The van der Waals surface area contributed by atoms with Crippen LogP contribution in [0.25, 0.3) is 6.08 Å². The molecular formula is C51H57N3O14. The summed E-state index contributed by atoms with van der Waals surface area (Å²) in [6, 6.07) is 20.0. The van der Waals surface area contributed by atoms with E-state index in [1.807, 2.05) is 36.4 Å². The summed E-state index contributed by atoms with van der Waals surface area (Å²) >= 11 is 0. The van der Waals surface area contributed by atoms with Crippen LogP contribution in [-0.2, 0) is 83.2 Å². The van der Waals surface area contributed by atoms with Crippen molar-refractivity contribution in [2.75, 3.05) is 13.2 Å². The molecule has 4 aliphatic heterocycles. The molecule has 0 aromatic heterocycles. The number of carbonyl (C=O) groups excluding carboxylic acids is 6.